The number of carbonyl (C=O) groups excluding carboxylic acids is 3. The van der Waals surface area contributed by atoms with Crippen LogP contribution >= 0.6 is 0 Å². The van der Waals surface area contributed by atoms with Crippen LogP contribution < -0.4 is 0 Å². The van der Waals surface area contributed by atoms with Gasteiger partial charge in [-0.1, -0.05) is 32.4 Å². The first-order valence-electron chi connectivity index (χ1n) is 11.4. The van der Waals surface area contributed by atoms with E-state index in [4.69, 9.17) is 14.2 Å². The van der Waals surface area contributed by atoms with E-state index in [0.29, 0.717) is 5.92 Å². The molecule has 0 bridgehead atoms. The Labute approximate surface area is 183 Å². The van der Waals surface area contributed by atoms with Crippen molar-refractivity contribution >= 4 is 17.7 Å². The molecule has 9 atom stereocenters. The lowest BCUT2D eigenvalue weighted by molar-refractivity contribution is -0.190. The van der Waals surface area contributed by atoms with Gasteiger partial charge in [-0.3, -0.25) is 14.4 Å². The highest BCUT2D eigenvalue weighted by Gasteiger charge is 2.77. The number of allylic oxidation sites excluding steroid dienone is 2. The van der Waals surface area contributed by atoms with E-state index < -0.39 is 22.3 Å². The van der Waals surface area contributed by atoms with Gasteiger partial charge in [-0.2, -0.15) is 0 Å². The van der Waals surface area contributed by atoms with Gasteiger partial charge in [0, 0.05) is 16.7 Å². The Balaban J connectivity index is 1.76. The van der Waals surface area contributed by atoms with Crippen LogP contribution in [0.3, 0.4) is 0 Å². The summed E-state index contributed by atoms with van der Waals surface area (Å²) in [4.78, 5) is 39.3. The molecule has 3 aliphatic carbocycles. The average Bonchev–Trinajstić information content (AvgIpc) is 3.31. The van der Waals surface area contributed by atoms with E-state index in [2.05, 4.69) is 20.8 Å². The van der Waals surface area contributed by atoms with Gasteiger partial charge in [-0.15, -0.1) is 0 Å². The molecule has 5 aliphatic rings. The van der Waals surface area contributed by atoms with Crippen LogP contribution in [-0.2, 0) is 28.6 Å². The predicted molar refractivity (Wildman–Crippen MR) is 112 cm³/mol. The smallest absolute Gasteiger partial charge is 0.316 e. The largest absolute Gasteiger partial charge is 0.469 e. The lowest BCUT2D eigenvalue weighted by Crippen LogP contribution is -2.66. The van der Waals surface area contributed by atoms with Crippen molar-refractivity contribution in [3.05, 3.63) is 23.3 Å². The highest BCUT2D eigenvalue weighted by Crippen LogP contribution is 2.71. The Morgan fingerprint density at radius 3 is 2.58 bits per heavy atom. The van der Waals surface area contributed by atoms with E-state index in [1.807, 2.05) is 13.8 Å². The maximum Gasteiger partial charge on any atom is 0.316 e. The van der Waals surface area contributed by atoms with Crippen LogP contribution in [0.2, 0.25) is 0 Å². The molecule has 0 aromatic rings. The first kappa shape index (κ1) is 20.9. The lowest BCUT2D eigenvalue weighted by Gasteiger charge is -2.59. The van der Waals surface area contributed by atoms with Gasteiger partial charge in [0.2, 0.25) is 0 Å². The fourth-order valence-electron chi connectivity index (χ4n) is 8.10. The van der Waals surface area contributed by atoms with Crippen molar-refractivity contribution in [2.24, 2.45) is 34.0 Å². The van der Waals surface area contributed by atoms with E-state index in [1.54, 1.807) is 6.08 Å². The highest BCUT2D eigenvalue weighted by atomic mass is 16.6. The van der Waals surface area contributed by atoms with Gasteiger partial charge in [0.15, 0.2) is 5.78 Å². The average molecular weight is 429 g/mol. The third kappa shape index (κ3) is 2.25. The molecule has 6 nitrogen and oxygen atoms in total. The van der Waals surface area contributed by atoms with Gasteiger partial charge >= 0.3 is 11.9 Å². The number of methoxy groups -OCH3 is 1. The normalized spacial score (nSPS) is 49.6. The number of rotatable bonds is 3. The minimum absolute atomic E-state index is 0.0430. The number of hydrogen-bond acceptors (Lipinski definition) is 6. The molecule has 0 spiro atoms. The molecule has 0 aromatic carbocycles. The topological polar surface area (TPSA) is 78.9 Å². The molecular formula is C25H32O6. The van der Waals surface area contributed by atoms with Crippen LogP contribution in [0.25, 0.3) is 0 Å². The lowest BCUT2D eigenvalue weighted by atomic mass is 9.42. The van der Waals surface area contributed by atoms with Crippen molar-refractivity contribution in [3.8, 4) is 0 Å². The molecule has 1 unspecified atom stereocenters. The summed E-state index contributed by atoms with van der Waals surface area (Å²) in [5.41, 5.74) is 0.0924. The van der Waals surface area contributed by atoms with Crippen molar-refractivity contribution in [1.82, 2.24) is 0 Å². The maximum atomic E-state index is 13.6. The van der Waals surface area contributed by atoms with Gasteiger partial charge in [0.05, 0.1) is 25.0 Å². The summed E-state index contributed by atoms with van der Waals surface area (Å²) in [7, 11) is 1.38. The molecule has 0 aromatic heterocycles. The summed E-state index contributed by atoms with van der Waals surface area (Å²) in [5, 5.41) is 0. The monoisotopic (exact) mass is 428 g/mol. The predicted octanol–water partition coefficient (Wildman–Crippen LogP) is 3.39. The molecule has 2 aliphatic heterocycles. The van der Waals surface area contributed by atoms with Crippen LogP contribution in [0.1, 0.15) is 53.9 Å². The van der Waals surface area contributed by atoms with Crippen molar-refractivity contribution in [1.29, 1.82) is 0 Å². The standard InChI is InChI=1S/C25H32O6/c1-7-13-10-14-18(12(13)2)25(5)15(11-17(27)29-6)24(4)16(26)8-9-23(3)20(24)19(21(25)30-14)31-22(23)28/h8-9,13-15,19-21H,7,10-11H2,1-6H3/t13-,14-,15-,19-,20?,21-,23-,24+,25-/m1/s1. The number of ether oxygens (including phenoxy) is 3. The van der Waals surface area contributed by atoms with Gasteiger partial charge in [0.25, 0.3) is 0 Å². The van der Waals surface area contributed by atoms with Crippen molar-refractivity contribution in [2.45, 2.75) is 72.2 Å². The Morgan fingerprint density at radius 2 is 1.94 bits per heavy atom. The van der Waals surface area contributed by atoms with Crippen LogP contribution in [0, 0.1) is 34.0 Å². The number of esters is 2. The molecule has 0 amide bonds. The maximum absolute atomic E-state index is 13.6. The molecule has 6 heteroatoms. The van der Waals surface area contributed by atoms with E-state index in [1.165, 1.54) is 24.3 Å². The van der Waals surface area contributed by atoms with E-state index >= 15 is 0 Å². The summed E-state index contributed by atoms with van der Waals surface area (Å²) in [6.07, 6.45) is 4.32. The Bertz CT molecular complexity index is 948. The first-order chi connectivity index (χ1) is 14.5. The second-order valence-electron chi connectivity index (χ2n) is 10.7. The van der Waals surface area contributed by atoms with Crippen LogP contribution in [0.4, 0.5) is 0 Å². The summed E-state index contributed by atoms with van der Waals surface area (Å²) in [5.74, 6) is -0.990. The number of hydrogen-bond donors (Lipinski definition) is 0. The van der Waals surface area contributed by atoms with Crippen LogP contribution in [-0.4, -0.2) is 43.1 Å². The molecule has 0 N–H and O–H groups in total. The SMILES string of the molecule is CC[C@@H]1C[C@H]2O[C@@H]3[C@@H]4OC(=O)[C@]5(C)C=CC(=O)[C@@](C)(C45)[C@@H](CC(=O)OC)[C@]3(C)C2=C1C. The molecule has 1 saturated carbocycles. The number of fused-ring (bicyclic) bond motifs is 4. The molecule has 2 saturated heterocycles. The van der Waals surface area contributed by atoms with Gasteiger partial charge in [0.1, 0.15) is 12.2 Å². The van der Waals surface area contributed by atoms with Crippen molar-refractivity contribution in [3.63, 3.8) is 0 Å². The zero-order chi connectivity index (χ0) is 22.5. The second kappa shape index (κ2) is 6.31. The van der Waals surface area contributed by atoms with E-state index in [9.17, 15) is 14.4 Å². The zero-order valence-corrected chi connectivity index (χ0v) is 19.2. The molecule has 0 radical (unpaired) electrons. The van der Waals surface area contributed by atoms with E-state index in [0.717, 1.165) is 12.8 Å². The summed E-state index contributed by atoms with van der Waals surface area (Å²) >= 11 is 0. The quantitative estimate of drug-likeness (QED) is 0.506. The van der Waals surface area contributed by atoms with Gasteiger partial charge < -0.3 is 14.2 Å². The van der Waals surface area contributed by atoms with Gasteiger partial charge in [-0.05, 0) is 50.2 Å². The Hall–Kier alpha value is -1.95. The minimum Gasteiger partial charge on any atom is -0.469 e. The Morgan fingerprint density at radius 1 is 1.23 bits per heavy atom. The van der Waals surface area contributed by atoms with E-state index in [-0.39, 0.29) is 48.2 Å². The summed E-state index contributed by atoms with van der Waals surface area (Å²) in [6.45, 7) is 10.3. The molecule has 31 heavy (non-hydrogen) atoms. The highest BCUT2D eigenvalue weighted by molar-refractivity contribution is 6.00. The molecular weight excluding hydrogens is 396 g/mol. The second-order valence-corrected chi connectivity index (χ2v) is 10.7. The minimum atomic E-state index is -0.935. The first-order valence-corrected chi connectivity index (χ1v) is 11.4. The van der Waals surface area contributed by atoms with Crippen LogP contribution in [0.15, 0.2) is 23.3 Å². The third-order valence-electron chi connectivity index (χ3n) is 9.59. The molecule has 2 heterocycles. The third-order valence-corrected chi connectivity index (χ3v) is 9.59. The number of ketones is 1. The number of carbonyl (C=O) groups is 3. The molecule has 5 rings (SSSR count). The van der Waals surface area contributed by atoms with Gasteiger partial charge in [-0.25, -0.2) is 0 Å². The van der Waals surface area contributed by atoms with Crippen molar-refractivity contribution < 1.29 is 28.6 Å². The fourth-order valence-corrected chi connectivity index (χ4v) is 8.10. The summed E-state index contributed by atoms with van der Waals surface area (Å²) < 4.78 is 17.8. The van der Waals surface area contributed by atoms with Crippen LogP contribution in [0.5, 0.6) is 0 Å². The van der Waals surface area contributed by atoms with Crippen molar-refractivity contribution in [2.75, 3.05) is 7.11 Å². The zero-order valence-electron chi connectivity index (χ0n) is 19.2. The fraction of sp³-hybridized carbons (Fsp3) is 0.720. The molecule has 168 valence electrons. The Kier molecular flexibility index (Phi) is 4.26. The molecule has 3 fully saturated rings. The summed E-state index contributed by atoms with van der Waals surface area (Å²) in [6, 6.07) is 0.